The van der Waals surface area contributed by atoms with Gasteiger partial charge in [0, 0.05) is 5.69 Å². The van der Waals surface area contributed by atoms with Crippen LogP contribution in [0.1, 0.15) is 11.1 Å². The SMILES string of the molecule is COc1ccc(NC(=O)[C@@H]2CN(S(=O)(=O)c3ccc(C)cc3)c3cc(C)ccc3O2)cc1. The highest BCUT2D eigenvalue weighted by atomic mass is 32.2. The summed E-state index contributed by atoms with van der Waals surface area (Å²) in [5.74, 6) is 0.564. The minimum atomic E-state index is -3.90. The van der Waals surface area contributed by atoms with Gasteiger partial charge in [0.15, 0.2) is 6.10 Å². The zero-order valence-corrected chi connectivity index (χ0v) is 18.8. The van der Waals surface area contributed by atoms with Gasteiger partial charge in [-0.15, -0.1) is 0 Å². The number of aryl methyl sites for hydroxylation is 2. The van der Waals surface area contributed by atoms with E-state index in [1.54, 1.807) is 67.8 Å². The first-order valence-electron chi connectivity index (χ1n) is 10.1. The number of rotatable bonds is 5. The molecule has 0 aliphatic carbocycles. The molecule has 0 saturated carbocycles. The lowest BCUT2D eigenvalue weighted by Crippen LogP contribution is -2.48. The normalized spacial score (nSPS) is 15.5. The number of ether oxygens (including phenoxy) is 2. The van der Waals surface area contributed by atoms with Crippen molar-refractivity contribution >= 4 is 27.3 Å². The van der Waals surface area contributed by atoms with Gasteiger partial charge >= 0.3 is 0 Å². The maximum atomic E-state index is 13.5. The molecule has 1 heterocycles. The topological polar surface area (TPSA) is 84.9 Å². The second kappa shape index (κ2) is 8.55. The van der Waals surface area contributed by atoms with E-state index in [1.165, 1.54) is 4.31 Å². The molecule has 32 heavy (non-hydrogen) atoms. The summed E-state index contributed by atoms with van der Waals surface area (Å²) >= 11 is 0. The van der Waals surface area contributed by atoms with Crippen molar-refractivity contribution < 1.29 is 22.7 Å². The van der Waals surface area contributed by atoms with Crippen molar-refractivity contribution in [2.45, 2.75) is 24.8 Å². The molecular weight excluding hydrogens is 428 g/mol. The van der Waals surface area contributed by atoms with E-state index in [0.717, 1.165) is 11.1 Å². The third kappa shape index (κ3) is 4.27. The van der Waals surface area contributed by atoms with Gasteiger partial charge in [-0.05, 0) is 67.9 Å². The van der Waals surface area contributed by atoms with Crippen LogP contribution >= 0.6 is 0 Å². The van der Waals surface area contributed by atoms with E-state index < -0.39 is 22.0 Å². The summed E-state index contributed by atoms with van der Waals surface area (Å²) in [6, 6.07) is 18.8. The minimum Gasteiger partial charge on any atom is -0.497 e. The van der Waals surface area contributed by atoms with E-state index in [9.17, 15) is 13.2 Å². The van der Waals surface area contributed by atoms with Crippen molar-refractivity contribution in [2.24, 2.45) is 0 Å². The van der Waals surface area contributed by atoms with Gasteiger partial charge in [-0.25, -0.2) is 8.42 Å². The maximum absolute atomic E-state index is 13.5. The van der Waals surface area contributed by atoms with Crippen LogP contribution in [0.5, 0.6) is 11.5 Å². The molecule has 3 aromatic rings. The number of nitrogens with one attached hydrogen (secondary N) is 1. The summed E-state index contributed by atoms with van der Waals surface area (Å²) in [6.07, 6.45) is -1.02. The molecular formula is C24H24N2O5S. The van der Waals surface area contributed by atoms with Gasteiger partial charge in [0.25, 0.3) is 15.9 Å². The van der Waals surface area contributed by atoms with Crippen LogP contribution < -0.4 is 19.1 Å². The van der Waals surface area contributed by atoms with Crippen molar-refractivity contribution in [3.05, 3.63) is 77.9 Å². The van der Waals surface area contributed by atoms with Gasteiger partial charge < -0.3 is 14.8 Å². The van der Waals surface area contributed by atoms with Crippen molar-refractivity contribution in [3.63, 3.8) is 0 Å². The fourth-order valence-corrected chi connectivity index (χ4v) is 4.93. The molecule has 0 spiro atoms. The molecule has 166 valence electrons. The summed E-state index contributed by atoms with van der Waals surface area (Å²) < 4.78 is 39.3. The average molecular weight is 453 g/mol. The first-order valence-corrected chi connectivity index (χ1v) is 11.5. The minimum absolute atomic E-state index is 0.144. The first kappa shape index (κ1) is 21.7. The van der Waals surface area contributed by atoms with Crippen molar-refractivity contribution in [1.82, 2.24) is 0 Å². The number of sulfonamides is 1. The molecule has 4 rings (SSSR count). The molecule has 0 unspecified atom stereocenters. The maximum Gasteiger partial charge on any atom is 0.267 e. The number of amides is 1. The highest BCUT2D eigenvalue weighted by Crippen LogP contribution is 2.38. The molecule has 0 bridgehead atoms. The second-order valence-corrected chi connectivity index (χ2v) is 9.51. The Kier molecular flexibility index (Phi) is 5.80. The Morgan fingerprint density at radius 2 is 1.66 bits per heavy atom. The number of methoxy groups -OCH3 is 1. The van der Waals surface area contributed by atoms with Crippen LogP contribution in [0.3, 0.4) is 0 Å². The molecule has 8 heteroatoms. The highest BCUT2D eigenvalue weighted by Gasteiger charge is 2.37. The van der Waals surface area contributed by atoms with Crippen LogP contribution in [0.2, 0.25) is 0 Å². The number of carbonyl (C=O) groups is 1. The highest BCUT2D eigenvalue weighted by molar-refractivity contribution is 7.92. The van der Waals surface area contributed by atoms with E-state index in [4.69, 9.17) is 9.47 Å². The lowest BCUT2D eigenvalue weighted by Gasteiger charge is -2.35. The fourth-order valence-electron chi connectivity index (χ4n) is 3.46. The van der Waals surface area contributed by atoms with E-state index in [1.807, 2.05) is 19.9 Å². The summed E-state index contributed by atoms with van der Waals surface area (Å²) in [6.45, 7) is 3.62. The molecule has 1 atom stereocenters. The molecule has 0 aromatic heterocycles. The predicted octanol–water partition coefficient (Wildman–Crippen LogP) is 3.91. The van der Waals surface area contributed by atoms with E-state index in [2.05, 4.69) is 5.32 Å². The smallest absolute Gasteiger partial charge is 0.267 e. The van der Waals surface area contributed by atoms with Gasteiger partial charge in [-0.1, -0.05) is 23.8 Å². The van der Waals surface area contributed by atoms with E-state index in [-0.39, 0.29) is 11.4 Å². The number of hydrogen-bond donors (Lipinski definition) is 1. The standard InChI is InChI=1S/C24H24N2O5S/c1-16-4-11-20(12-5-16)32(28,29)26-15-23(31-22-13-6-17(2)14-21(22)26)24(27)25-18-7-9-19(30-3)10-8-18/h4-14,23H,15H2,1-3H3,(H,25,27)/t23-/m0/s1. The van der Waals surface area contributed by atoms with Crippen LogP contribution in [0, 0.1) is 13.8 Å². The number of anilines is 2. The monoisotopic (exact) mass is 452 g/mol. The Labute approximate surface area is 187 Å². The van der Waals surface area contributed by atoms with Crippen molar-refractivity contribution in [2.75, 3.05) is 23.3 Å². The zero-order valence-electron chi connectivity index (χ0n) is 18.0. The van der Waals surface area contributed by atoms with Gasteiger partial charge in [0.1, 0.15) is 11.5 Å². The summed E-state index contributed by atoms with van der Waals surface area (Å²) in [5, 5.41) is 2.78. The summed E-state index contributed by atoms with van der Waals surface area (Å²) in [4.78, 5) is 13.1. The van der Waals surface area contributed by atoms with Gasteiger partial charge in [0.2, 0.25) is 0 Å². The average Bonchev–Trinajstić information content (AvgIpc) is 2.79. The Morgan fingerprint density at radius 3 is 2.31 bits per heavy atom. The largest absolute Gasteiger partial charge is 0.497 e. The van der Waals surface area contributed by atoms with Crippen LogP contribution in [0.25, 0.3) is 0 Å². The van der Waals surface area contributed by atoms with Crippen LogP contribution in [0.4, 0.5) is 11.4 Å². The van der Waals surface area contributed by atoms with Crippen LogP contribution in [-0.2, 0) is 14.8 Å². The summed E-state index contributed by atoms with van der Waals surface area (Å²) in [5.41, 5.74) is 2.82. The molecule has 1 N–H and O–H groups in total. The molecule has 0 radical (unpaired) electrons. The van der Waals surface area contributed by atoms with E-state index in [0.29, 0.717) is 22.9 Å². The number of hydrogen-bond acceptors (Lipinski definition) is 5. The Morgan fingerprint density at radius 1 is 1.00 bits per heavy atom. The third-order valence-electron chi connectivity index (χ3n) is 5.24. The number of carbonyl (C=O) groups excluding carboxylic acids is 1. The van der Waals surface area contributed by atoms with Crippen LogP contribution in [-0.4, -0.2) is 34.1 Å². The molecule has 3 aromatic carbocycles. The van der Waals surface area contributed by atoms with Crippen LogP contribution in [0.15, 0.2) is 71.6 Å². The third-order valence-corrected chi connectivity index (χ3v) is 7.04. The lowest BCUT2D eigenvalue weighted by atomic mass is 10.1. The van der Waals surface area contributed by atoms with Crippen molar-refractivity contribution in [3.8, 4) is 11.5 Å². The molecule has 0 saturated heterocycles. The molecule has 1 amide bonds. The summed E-state index contributed by atoms with van der Waals surface area (Å²) in [7, 11) is -2.34. The Hall–Kier alpha value is -3.52. The Bertz CT molecular complexity index is 1240. The zero-order chi connectivity index (χ0) is 22.9. The van der Waals surface area contributed by atoms with E-state index >= 15 is 0 Å². The second-order valence-electron chi connectivity index (χ2n) is 7.64. The van der Waals surface area contributed by atoms with Gasteiger partial charge in [-0.2, -0.15) is 0 Å². The number of fused-ring (bicyclic) bond motifs is 1. The Balaban J connectivity index is 1.66. The van der Waals surface area contributed by atoms with Crippen molar-refractivity contribution in [1.29, 1.82) is 0 Å². The first-order chi connectivity index (χ1) is 15.3. The van der Waals surface area contributed by atoms with Gasteiger partial charge in [0.05, 0.1) is 24.2 Å². The number of nitrogens with zero attached hydrogens (tertiary/aromatic N) is 1. The predicted molar refractivity (Wildman–Crippen MR) is 123 cm³/mol. The molecule has 1 aliphatic rings. The number of benzene rings is 3. The molecule has 1 aliphatic heterocycles. The fraction of sp³-hybridized carbons (Fsp3) is 0.208. The lowest BCUT2D eigenvalue weighted by molar-refractivity contribution is -0.122. The quantitative estimate of drug-likeness (QED) is 0.635. The molecule has 7 nitrogen and oxygen atoms in total. The van der Waals surface area contributed by atoms with Gasteiger partial charge in [-0.3, -0.25) is 9.10 Å². The molecule has 0 fully saturated rings.